The van der Waals surface area contributed by atoms with Gasteiger partial charge in [-0.2, -0.15) is 13.2 Å². The molecule has 10 nitrogen and oxygen atoms in total. The zero-order valence-electron chi connectivity index (χ0n) is 28.5. The summed E-state index contributed by atoms with van der Waals surface area (Å²) in [6.07, 6.45) is -3.00. The minimum absolute atomic E-state index is 0.0914. The topological polar surface area (TPSA) is 106 Å². The zero-order valence-corrected chi connectivity index (χ0v) is 30.9. The maximum atomic E-state index is 13.6. The molecule has 7 rings (SSSR count). The first-order valence-electron chi connectivity index (χ1n) is 16.5. The number of hydrogen-bond acceptors (Lipinski definition) is 8. The van der Waals surface area contributed by atoms with Crippen LogP contribution in [0.15, 0.2) is 89.3 Å². The number of aryl methyl sites for hydroxylation is 2. The number of carbonyl (C=O) groups is 1. The second-order valence-corrected chi connectivity index (χ2v) is 16.0. The van der Waals surface area contributed by atoms with Crippen LogP contribution >= 0.6 is 22.9 Å². The minimum atomic E-state index is -4.39. The van der Waals surface area contributed by atoms with Gasteiger partial charge in [0.25, 0.3) is 15.9 Å². The lowest BCUT2D eigenvalue weighted by Gasteiger charge is -2.34. The van der Waals surface area contributed by atoms with E-state index in [0.29, 0.717) is 54.8 Å². The van der Waals surface area contributed by atoms with Crippen molar-refractivity contribution < 1.29 is 35.9 Å². The van der Waals surface area contributed by atoms with Crippen LogP contribution in [0.4, 0.5) is 18.9 Å². The summed E-state index contributed by atoms with van der Waals surface area (Å²) in [6, 6.07) is 22.3. The van der Waals surface area contributed by atoms with Crippen molar-refractivity contribution in [1.82, 2.24) is 19.4 Å². The number of halogens is 4. The zero-order chi connectivity index (χ0) is 37.5. The number of pyridine rings is 1. The van der Waals surface area contributed by atoms with Gasteiger partial charge >= 0.3 is 6.18 Å². The summed E-state index contributed by atoms with van der Waals surface area (Å²) in [5.74, 6) is 0.821. The van der Waals surface area contributed by atoms with Crippen LogP contribution in [0.3, 0.4) is 0 Å². The number of thiophene rings is 1. The number of alkyl halides is 3. The highest BCUT2D eigenvalue weighted by molar-refractivity contribution is 7.94. The van der Waals surface area contributed by atoms with Crippen LogP contribution in [0.25, 0.3) is 21.0 Å². The van der Waals surface area contributed by atoms with Crippen molar-refractivity contribution in [2.75, 3.05) is 37.5 Å². The van der Waals surface area contributed by atoms with Crippen molar-refractivity contribution in [2.24, 2.45) is 7.05 Å². The molecule has 1 fully saturated rings. The van der Waals surface area contributed by atoms with Crippen molar-refractivity contribution in [1.29, 1.82) is 0 Å². The molecule has 16 heteroatoms. The summed E-state index contributed by atoms with van der Waals surface area (Å²) in [4.78, 5) is 21.9. The van der Waals surface area contributed by atoms with E-state index in [4.69, 9.17) is 21.1 Å². The summed E-state index contributed by atoms with van der Waals surface area (Å²) in [6.45, 7) is 3.37. The number of hydrogen-bond donors (Lipinski definition) is 1. The molecule has 1 N–H and O–H groups in total. The second kappa shape index (κ2) is 14.5. The fraction of sp³-hybridized carbons (Fsp3) is 0.243. The predicted molar refractivity (Wildman–Crippen MR) is 199 cm³/mol. The van der Waals surface area contributed by atoms with Gasteiger partial charge in [0.1, 0.15) is 21.4 Å². The van der Waals surface area contributed by atoms with Crippen LogP contribution in [0.2, 0.25) is 5.02 Å². The molecule has 0 aliphatic carbocycles. The Morgan fingerprint density at radius 3 is 2.40 bits per heavy atom. The van der Waals surface area contributed by atoms with Gasteiger partial charge in [0.15, 0.2) is 6.61 Å². The second-order valence-electron chi connectivity index (χ2n) is 12.7. The molecule has 0 unspecified atom stereocenters. The van der Waals surface area contributed by atoms with Crippen LogP contribution in [0.1, 0.15) is 21.6 Å². The standard InChI is InChI=1S/C37H33ClF3N5O5S2/c1-23-30-18-26(38)6-11-33(30)52-36(23)53(48,49)43-27-7-12-34(42-20-27)51-29-10-5-25-17-32(44(2)31(25)19-29)35(47)46-15-13-45(14-16-46)21-24-3-8-28(9-4-24)50-22-37(39,40)41/h3-12,17-20,43H,13-16,21-22H2,1-2H3. The number of rotatable bonds is 10. The molecule has 0 saturated carbocycles. The van der Waals surface area contributed by atoms with Crippen molar-refractivity contribution in [2.45, 2.75) is 23.9 Å². The Labute approximate surface area is 312 Å². The smallest absolute Gasteiger partial charge is 0.422 e. The van der Waals surface area contributed by atoms with E-state index in [1.807, 2.05) is 34.7 Å². The lowest BCUT2D eigenvalue weighted by atomic mass is 10.2. The van der Waals surface area contributed by atoms with Gasteiger partial charge in [-0.05, 0) is 78.0 Å². The third kappa shape index (κ3) is 8.23. The van der Waals surface area contributed by atoms with E-state index < -0.39 is 22.8 Å². The molecular weight excluding hydrogens is 751 g/mol. The number of ether oxygens (including phenoxy) is 2. The molecule has 4 heterocycles. The van der Waals surface area contributed by atoms with Gasteiger partial charge in [0.05, 0.1) is 17.4 Å². The first-order chi connectivity index (χ1) is 25.2. The third-order valence-electron chi connectivity index (χ3n) is 8.94. The van der Waals surface area contributed by atoms with Crippen molar-refractivity contribution in [3.8, 4) is 17.4 Å². The fourth-order valence-corrected chi connectivity index (χ4v) is 9.18. The van der Waals surface area contributed by atoms with Crippen molar-refractivity contribution in [3.63, 3.8) is 0 Å². The molecule has 3 aromatic heterocycles. The number of fused-ring (bicyclic) bond motifs is 2. The van der Waals surface area contributed by atoms with E-state index in [-0.39, 0.29) is 27.4 Å². The number of amides is 1. The molecule has 1 amide bonds. The molecule has 1 aliphatic heterocycles. The molecule has 276 valence electrons. The predicted octanol–water partition coefficient (Wildman–Crippen LogP) is 8.24. The first kappa shape index (κ1) is 36.5. The fourth-order valence-electron chi connectivity index (χ4n) is 6.21. The molecule has 0 radical (unpaired) electrons. The van der Waals surface area contributed by atoms with E-state index in [2.05, 4.69) is 14.6 Å². The maximum Gasteiger partial charge on any atom is 0.422 e. The molecule has 3 aromatic carbocycles. The van der Waals surface area contributed by atoms with Crippen molar-refractivity contribution in [3.05, 3.63) is 107 Å². The summed E-state index contributed by atoms with van der Waals surface area (Å²) < 4.78 is 80.0. The number of piperazine rings is 1. The molecule has 6 aromatic rings. The monoisotopic (exact) mass is 783 g/mol. The largest absolute Gasteiger partial charge is 0.484 e. The van der Waals surface area contributed by atoms with Crippen molar-refractivity contribution >= 4 is 65.5 Å². The summed E-state index contributed by atoms with van der Waals surface area (Å²) in [7, 11) is -2.05. The number of benzene rings is 3. The lowest BCUT2D eigenvalue weighted by molar-refractivity contribution is -0.153. The molecule has 0 bridgehead atoms. The Morgan fingerprint density at radius 1 is 0.962 bits per heavy atom. The average molecular weight is 784 g/mol. The highest BCUT2D eigenvalue weighted by atomic mass is 35.5. The van der Waals surface area contributed by atoms with Gasteiger partial charge in [-0.3, -0.25) is 14.4 Å². The van der Waals surface area contributed by atoms with E-state index in [1.165, 1.54) is 29.7 Å². The van der Waals surface area contributed by atoms with E-state index in [0.717, 1.165) is 26.6 Å². The molecular formula is C37H33ClF3N5O5S2. The molecule has 1 saturated heterocycles. The van der Waals surface area contributed by atoms with Crippen LogP contribution in [0, 0.1) is 6.92 Å². The van der Waals surface area contributed by atoms with Gasteiger partial charge in [0, 0.05) is 67.0 Å². The highest BCUT2D eigenvalue weighted by Gasteiger charge is 2.29. The van der Waals surface area contributed by atoms with Gasteiger partial charge < -0.3 is 18.9 Å². The lowest BCUT2D eigenvalue weighted by Crippen LogP contribution is -2.48. The SMILES string of the molecule is Cc1c(S(=O)(=O)Nc2ccc(Oc3ccc4cc(C(=O)N5CCN(Cc6ccc(OCC(F)(F)F)cc6)CC5)n(C)c4c3)nc2)sc2ccc(Cl)cc12. The molecule has 53 heavy (non-hydrogen) atoms. The van der Waals surface area contributed by atoms with E-state index >= 15 is 0 Å². The normalized spacial score (nSPS) is 14.2. The Bertz CT molecular complexity index is 2410. The van der Waals surface area contributed by atoms with Gasteiger partial charge in [-0.15, -0.1) is 11.3 Å². The average Bonchev–Trinajstić information content (AvgIpc) is 3.64. The number of nitrogens with zero attached hydrogens (tertiary/aromatic N) is 4. The summed E-state index contributed by atoms with van der Waals surface area (Å²) in [5, 5.41) is 2.19. The molecule has 0 spiro atoms. The van der Waals surface area contributed by atoms with Crippen LogP contribution in [-0.2, 0) is 23.6 Å². The number of anilines is 1. The molecule has 0 atom stereocenters. The summed E-state index contributed by atoms with van der Waals surface area (Å²) in [5.41, 5.74) is 3.16. The van der Waals surface area contributed by atoms with E-state index in [9.17, 15) is 26.4 Å². The number of sulfonamides is 1. The Morgan fingerprint density at radius 2 is 1.70 bits per heavy atom. The third-order valence-corrected chi connectivity index (χ3v) is 12.4. The number of carbonyl (C=O) groups excluding carboxylic acids is 1. The van der Waals surface area contributed by atoms with E-state index in [1.54, 1.807) is 55.5 Å². The summed E-state index contributed by atoms with van der Waals surface area (Å²) >= 11 is 7.29. The molecule has 1 aliphatic rings. The van der Waals surface area contributed by atoms with Crippen LogP contribution < -0.4 is 14.2 Å². The maximum absolute atomic E-state index is 13.6. The first-order valence-corrected chi connectivity index (χ1v) is 19.2. The van der Waals surface area contributed by atoms with Gasteiger partial charge in [-0.1, -0.05) is 23.7 Å². The van der Waals surface area contributed by atoms with Gasteiger partial charge in [-0.25, -0.2) is 13.4 Å². The number of aromatic nitrogens is 2. The van der Waals surface area contributed by atoms with Gasteiger partial charge in [0.2, 0.25) is 5.88 Å². The highest BCUT2D eigenvalue weighted by Crippen LogP contribution is 2.36. The Hall–Kier alpha value is -4.83. The van der Waals surface area contributed by atoms with Crippen LogP contribution in [-0.4, -0.2) is 72.6 Å². The Balaban J connectivity index is 0.954. The minimum Gasteiger partial charge on any atom is -0.484 e. The quantitative estimate of drug-likeness (QED) is 0.149. The number of nitrogens with one attached hydrogen (secondary N) is 1. The Kier molecular flexibility index (Phi) is 10.0. The van der Waals surface area contributed by atoms with Crippen LogP contribution in [0.5, 0.6) is 17.4 Å².